The van der Waals surface area contributed by atoms with Crippen LogP contribution in [0.1, 0.15) is 38.2 Å². The van der Waals surface area contributed by atoms with Gasteiger partial charge in [-0.05, 0) is 30.9 Å². The molecule has 1 saturated heterocycles. The van der Waals surface area contributed by atoms with Crippen LogP contribution in [0.3, 0.4) is 0 Å². The lowest BCUT2D eigenvalue weighted by atomic mass is 9.81. The SMILES string of the molecule is CC[C@@H]1CN(Cc2ccc(OC)cc2O)CC[C@H]1CC(=O)N(C)CCC#N. The van der Waals surface area contributed by atoms with Crippen molar-refractivity contribution < 1.29 is 14.6 Å². The molecule has 1 fully saturated rings. The molecular formula is C21H31N3O3. The van der Waals surface area contributed by atoms with Crippen molar-refractivity contribution in [3.63, 3.8) is 0 Å². The molecule has 1 aliphatic heterocycles. The van der Waals surface area contributed by atoms with Crippen molar-refractivity contribution in [2.45, 2.75) is 39.2 Å². The van der Waals surface area contributed by atoms with Crippen LogP contribution >= 0.6 is 0 Å². The fourth-order valence-corrected chi connectivity index (χ4v) is 3.80. The average Bonchev–Trinajstić information content (AvgIpc) is 2.68. The van der Waals surface area contributed by atoms with Gasteiger partial charge in [-0.1, -0.05) is 19.4 Å². The summed E-state index contributed by atoms with van der Waals surface area (Å²) in [6.07, 6.45) is 2.95. The van der Waals surface area contributed by atoms with Gasteiger partial charge in [-0.3, -0.25) is 9.69 Å². The molecule has 2 atom stereocenters. The maximum Gasteiger partial charge on any atom is 0.222 e. The Morgan fingerprint density at radius 1 is 1.44 bits per heavy atom. The number of hydrogen-bond donors (Lipinski definition) is 1. The lowest BCUT2D eigenvalue weighted by molar-refractivity contribution is -0.131. The number of hydrogen-bond acceptors (Lipinski definition) is 5. The summed E-state index contributed by atoms with van der Waals surface area (Å²) < 4.78 is 5.14. The van der Waals surface area contributed by atoms with Gasteiger partial charge in [0.15, 0.2) is 0 Å². The Morgan fingerprint density at radius 2 is 2.22 bits per heavy atom. The van der Waals surface area contributed by atoms with Crippen LogP contribution in [-0.2, 0) is 11.3 Å². The lowest BCUT2D eigenvalue weighted by Gasteiger charge is -2.38. The minimum atomic E-state index is 0.134. The van der Waals surface area contributed by atoms with Crippen LogP contribution in [0.5, 0.6) is 11.5 Å². The van der Waals surface area contributed by atoms with E-state index < -0.39 is 0 Å². The average molecular weight is 373 g/mol. The molecule has 1 aromatic carbocycles. The number of phenols is 1. The molecule has 2 rings (SSSR count). The number of aromatic hydroxyl groups is 1. The molecular weight excluding hydrogens is 342 g/mol. The second-order valence-corrected chi connectivity index (χ2v) is 7.37. The summed E-state index contributed by atoms with van der Waals surface area (Å²) in [6, 6.07) is 7.52. The smallest absolute Gasteiger partial charge is 0.222 e. The van der Waals surface area contributed by atoms with Gasteiger partial charge in [-0.2, -0.15) is 5.26 Å². The first-order chi connectivity index (χ1) is 13.0. The normalized spacial score (nSPS) is 20.1. The van der Waals surface area contributed by atoms with Crippen molar-refractivity contribution in [1.82, 2.24) is 9.80 Å². The number of benzene rings is 1. The van der Waals surface area contributed by atoms with Gasteiger partial charge in [0.05, 0.1) is 19.6 Å². The van der Waals surface area contributed by atoms with Gasteiger partial charge in [0.2, 0.25) is 5.91 Å². The molecule has 0 saturated carbocycles. The molecule has 1 heterocycles. The van der Waals surface area contributed by atoms with E-state index in [4.69, 9.17) is 10.00 Å². The van der Waals surface area contributed by atoms with Crippen LogP contribution in [0.25, 0.3) is 0 Å². The third-order valence-electron chi connectivity index (χ3n) is 5.61. The first kappa shape index (κ1) is 21.0. The number of likely N-dealkylation sites (tertiary alicyclic amines) is 1. The van der Waals surface area contributed by atoms with Gasteiger partial charge in [0, 0.05) is 44.7 Å². The number of nitrogens with zero attached hydrogens (tertiary/aromatic N) is 3. The minimum Gasteiger partial charge on any atom is -0.507 e. The molecule has 1 N–H and O–H groups in total. The number of rotatable bonds is 8. The second kappa shape index (κ2) is 10.2. The Hall–Kier alpha value is -2.26. The summed E-state index contributed by atoms with van der Waals surface area (Å²) in [5, 5.41) is 18.9. The van der Waals surface area contributed by atoms with E-state index in [0.717, 1.165) is 31.5 Å². The molecule has 0 radical (unpaired) electrons. The molecule has 1 aliphatic rings. The molecule has 6 heteroatoms. The highest BCUT2D eigenvalue weighted by atomic mass is 16.5. The van der Waals surface area contributed by atoms with Gasteiger partial charge in [0.25, 0.3) is 0 Å². The Labute approximate surface area is 162 Å². The van der Waals surface area contributed by atoms with E-state index in [1.807, 2.05) is 12.1 Å². The summed E-state index contributed by atoms with van der Waals surface area (Å²) in [6.45, 7) is 5.23. The molecule has 6 nitrogen and oxygen atoms in total. The Bertz CT molecular complexity index is 671. The highest BCUT2D eigenvalue weighted by Gasteiger charge is 2.30. The number of amides is 1. The number of ether oxygens (including phenoxy) is 1. The van der Waals surface area contributed by atoms with E-state index in [-0.39, 0.29) is 11.7 Å². The second-order valence-electron chi connectivity index (χ2n) is 7.37. The largest absolute Gasteiger partial charge is 0.507 e. The summed E-state index contributed by atoms with van der Waals surface area (Å²) in [4.78, 5) is 16.4. The van der Waals surface area contributed by atoms with Crippen molar-refractivity contribution >= 4 is 5.91 Å². The first-order valence-electron chi connectivity index (χ1n) is 9.67. The molecule has 0 unspecified atom stereocenters. The van der Waals surface area contributed by atoms with Crippen LogP contribution in [-0.4, -0.2) is 54.6 Å². The molecule has 0 aromatic heterocycles. The van der Waals surface area contributed by atoms with E-state index >= 15 is 0 Å². The van der Waals surface area contributed by atoms with E-state index in [9.17, 15) is 9.90 Å². The Kier molecular flexibility index (Phi) is 7.93. The number of nitriles is 1. The van der Waals surface area contributed by atoms with E-state index in [2.05, 4.69) is 17.9 Å². The predicted octanol–water partition coefficient (Wildman–Crippen LogP) is 3.01. The number of carbonyl (C=O) groups excluding carboxylic acids is 1. The maximum absolute atomic E-state index is 12.4. The fraction of sp³-hybridized carbons (Fsp3) is 0.619. The molecule has 148 valence electrons. The van der Waals surface area contributed by atoms with Crippen molar-refractivity contribution in [1.29, 1.82) is 5.26 Å². The van der Waals surface area contributed by atoms with Gasteiger partial charge < -0.3 is 14.7 Å². The van der Waals surface area contributed by atoms with Crippen molar-refractivity contribution in [2.75, 3.05) is 33.8 Å². The van der Waals surface area contributed by atoms with Crippen molar-refractivity contribution in [2.24, 2.45) is 11.8 Å². The van der Waals surface area contributed by atoms with Crippen molar-refractivity contribution in [3.05, 3.63) is 23.8 Å². The number of carbonyl (C=O) groups is 1. The zero-order valence-electron chi connectivity index (χ0n) is 16.6. The summed E-state index contributed by atoms with van der Waals surface area (Å²) >= 11 is 0. The van der Waals surface area contributed by atoms with E-state index in [1.165, 1.54) is 0 Å². The lowest BCUT2D eigenvalue weighted by Crippen LogP contribution is -2.42. The highest BCUT2D eigenvalue weighted by Crippen LogP contribution is 2.32. The molecule has 0 aliphatic carbocycles. The predicted molar refractivity (Wildman–Crippen MR) is 104 cm³/mol. The number of methoxy groups -OCH3 is 1. The zero-order chi connectivity index (χ0) is 19.8. The van der Waals surface area contributed by atoms with Crippen LogP contribution < -0.4 is 4.74 Å². The van der Waals surface area contributed by atoms with Gasteiger partial charge in [-0.25, -0.2) is 0 Å². The highest BCUT2D eigenvalue weighted by molar-refractivity contribution is 5.76. The van der Waals surface area contributed by atoms with E-state index in [1.54, 1.807) is 25.1 Å². The third-order valence-corrected chi connectivity index (χ3v) is 5.61. The quantitative estimate of drug-likeness (QED) is 0.758. The summed E-state index contributed by atoms with van der Waals surface area (Å²) in [7, 11) is 3.37. The molecule has 27 heavy (non-hydrogen) atoms. The third kappa shape index (κ3) is 5.86. The zero-order valence-corrected chi connectivity index (χ0v) is 16.6. The molecule has 1 amide bonds. The minimum absolute atomic E-state index is 0.134. The molecule has 0 bridgehead atoms. The monoisotopic (exact) mass is 373 g/mol. The number of piperidine rings is 1. The van der Waals surface area contributed by atoms with Crippen molar-refractivity contribution in [3.8, 4) is 17.6 Å². The Balaban J connectivity index is 1.92. The van der Waals surface area contributed by atoms with Crippen LogP contribution in [0.15, 0.2) is 18.2 Å². The Morgan fingerprint density at radius 3 is 2.85 bits per heavy atom. The number of phenolic OH excluding ortho intramolecular Hbond substituents is 1. The molecule has 1 aromatic rings. The van der Waals surface area contributed by atoms with Crippen LogP contribution in [0.4, 0.5) is 0 Å². The fourth-order valence-electron chi connectivity index (χ4n) is 3.80. The molecule has 0 spiro atoms. The van der Waals surface area contributed by atoms with E-state index in [0.29, 0.717) is 43.5 Å². The van der Waals surface area contributed by atoms with Gasteiger partial charge in [-0.15, -0.1) is 0 Å². The first-order valence-corrected chi connectivity index (χ1v) is 9.67. The standard InChI is InChI=1S/C21H31N3O3/c1-4-16-14-24(15-18-6-7-19(27-3)13-20(18)25)11-8-17(16)12-21(26)23(2)10-5-9-22/h6-7,13,16-17,25H,4-5,8,10-12,14-15H2,1-3H3/t16-,17+/m1/s1. The topological polar surface area (TPSA) is 76.8 Å². The summed E-state index contributed by atoms with van der Waals surface area (Å²) in [5.74, 6) is 1.90. The van der Waals surface area contributed by atoms with Crippen LogP contribution in [0.2, 0.25) is 0 Å². The van der Waals surface area contributed by atoms with Crippen LogP contribution in [0, 0.1) is 23.2 Å². The van der Waals surface area contributed by atoms with Gasteiger partial charge >= 0.3 is 0 Å². The maximum atomic E-state index is 12.4. The van der Waals surface area contributed by atoms with Gasteiger partial charge in [0.1, 0.15) is 11.5 Å². The summed E-state index contributed by atoms with van der Waals surface area (Å²) in [5.41, 5.74) is 0.899.